The van der Waals surface area contributed by atoms with Crippen LogP contribution in [-0.2, 0) is 0 Å². The predicted octanol–water partition coefficient (Wildman–Crippen LogP) is 4.36. The first-order valence-electron chi connectivity index (χ1n) is 8.04. The van der Waals surface area contributed by atoms with Crippen LogP contribution in [0.25, 0.3) is 0 Å². The molecule has 5 nitrogen and oxygen atoms in total. The first kappa shape index (κ1) is 17.6. The van der Waals surface area contributed by atoms with Gasteiger partial charge >= 0.3 is 0 Å². The normalized spacial score (nSPS) is 10.2. The van der Waals surface area contributed by atoms with Crippen LogP contribution in [0.4, 0.5) is 16.6 Å². The van der Waals surface area contributed by atoms with Crippen LogP contribution in [0.5, 0.6) is 0 Å². The van der Waals surface area contributed by atoms with Gasteiger partial charge in [0.25, 0.3) is 0 Å². The third-order valence-corrected chi connectivity index (χ3v) is 4.74. The zero-order valence-electron chi connectivity index (χ0n) is 14.8. The summed E-state index contributed by atoms with van der Waals surface area (Å²) in [5.41, 5.74) is 3.15. The lowest BCUT2D eigenvalue weighted by Crippen LogP contribution is -2.13. The molecule has 0 radical (unpaired) electrons. The lowest BCUT2D eigenvalue weighted by molar-refractivity contribution is 0.104. The summed E-state index contributed by atoms with van der Waals surface area (Å²) in [7, 11) is 3.72. The highest BCUT2D eigenvalue weighted by Crippen LogP contribution is 2.33. The Hall–Kier alpha value is -3.17. The van der Waals surface area contributed by atoms with Crippen LogP contribution >= 0.6 is 11.3 Å². The molecule has 26 heavy (non-hydrogen) atoms. The van der Waals surface area contributed by atoms with Crippen molar-refractivity contribution in [2.75, 3.05) is 24.3 Å². The summed E-state index contributed by atoms with van der Waals surface area (Å²) >= 11 is 1.32. The van der Waals surface area contributed by atoms with Crippen molar-refractivity contribution >= 4 is 33.8 Å². The SMILES string of the molecule is Cc1cccc(Nc2nc(N(C)C)c(C(=O)c3ccc(C#N)cc3)s2)c1. The van der Waals surface area contributed by atoms with E-state index in [1.165, 1.54) is 11.3 Å². The predicted molar refractivity (Wildman–Crippen MR) is 105 cm³/mol. The van der Waals surface area contributed by atoms with Gasteiger partial charge in [-0.15, -0.1) is 0 Å². The molecule has 130 valence electrons. The minimum absolute atomic E-state index is 0.104. The van der Waals surface area contributed by atoms with Gasteiger partial charge in [-0.05, 0) is 48.9 Å². The zero-order chi connectivity index (χ0) is 18.7. The van der Waals surface area contributed by atoms with Gasteiger partial charge in [0.05, 0.1) is 11.6 Å². The van der Waals surface area contributed by atoms with Gasteiger partial charge in [-0.1, -0.05) is 23.5 Å². The van der Waals surface area contributed by atoms with Gasteiger partial charge in [0.15, 0.2) is 10.9 Å². The second-order valence-corrected chi connectivity index (χ2v) is 7.08. The minimum atomic E-state index is -0.104. The van der Waals surface area contributed by atoms with Crippen molar-refractivity contribution in [2.45, 2.75) is 6.92 Å². The van der Waals surface area contributed by atoms with E-state index in [2.05, 4.69) is 16.4 Å². The lowest BCUT2D eigenvalue weighted by Gasteiger charge is -2.10. The zero-order valence-corrected chi connectivity index (χ0v) is 15.6. The number of hydrogen-bond acceptors (Lipinski definition) is 6. The Kier molecular flexibility index (Phi) is 5.01. The molecule has 0 saturated carbocycles. The summed E-state index contributed by atoms with van der Waals surface area (Å²) in [5.74, 6) is 0.521. The van der Waals surface area contributed by atoms with Gasteiger partial charge < -0.3 is 10.2 Å². The van der Waals surface area contributed by atoms with Crippen LogP contribution in [0, 0.1) is 18.3 Å². The molecule has 3 rings (SSSR count). The number of rotatable bonds is 5. The lowest BCUT2D eigenvalue weighted by atomic mass is 10.1. The molecule has 0 unspecified atom stereocenters. The fraction of sp³-hybridized carbons (Fsp3) is 0.150. The fourth-order valence-electron chi connectivity index (χ4n) is 2.49. The number of thiazole rings is 1. The van der Waals surface area contributed by atoms with Gasteiger partial charge in [-0.2, -0.15) is 5.26 Å². The van der Waals surface area contributed by atoms with Crippen LogP contribution < -0.4 is 10.2 Å². The maximum absolute atomic E-state index is 12.9. The molecule has 0 fully saturated rings. The Morgan fingerprint density at radius 2 is 1.92 bits per heavy atom. The summed E-state index contributed by atoms with van der Waals surface area (Å²) in [6.45, 7) is 2.03. The van der Waals surface area contributed by atoms with Gasteiger partial charge in [0.1, 0.15) is 4.88 Å². The molecular formula is C20H18N4OS. The molecule has 0 aliphatic heterocycles. The van der Waals surface area contributed by atoms with Crippen molar-refractivity contribution in [2.24, 2.45) is 0 Å². The van der Waals surface area contributed by atoms with Crippen molar-refractivity contribution in [1.82, 2.24) is 4.98 Å². The van der Waals surface area contributed by atoms with Crippen LogP contribution in [0.1, 0.15) is 26.4 Å². The maximum atomic E-state index is 12.9. The second-order valence-electron chi connectivity index (χ2n) is 6.08. The van der Waals surface area contributed by atoms with E-state index in [1.54, 1.807) is 24.3 Å². The van der Waals surface area contributed by atoms with Gasteiger partial charge in [0, 0.05) is 25.3 Å². The monoisotopic (exact) mass is 362 g/mol. The summed E-state index contributed by atoms with van der Waals surface area (Å²) in [4.78, 5) is 19.9. The number of nitrogens with zero attached hydrogens (tertiary/aromatic N) is 3. The molecule has 3 aromatic rings. The highest BCUT2D eigenvalue weighted by atomic mass is 32.1. The third kappa shape index (κ3) is 3.73. The number of ketones is 1. The van der Waals surface area contributed by atoms with Crippen molar-refractivity contribution in [3.05, 3.63) is 70.1 Å². The summed E-state index contributed by atoms with van der Waals surface area (Å²) < 4.78 is 0. The number of aryl methyl sites for hydroxylation is 1. The van der Waals surface area contributed by atoms with E-state index >= 15 is 0 Å². The first-order valence-corrected chi connectivity index (χ1v) is 8.86. The Bertz CT molecular complexity index is 984. The number of anilines is 3. The smallest absolute Gasteiger partial charge is 0.206 e. The summed E-state index contributed by atoms with van der Waals surface area (Å²) in [6.07, 6.45) is 0. The van der Waals surface area contributed by atoms with E-state index in [1.807, 2.05) is 50.2 Å². The number of aromatic nitrogens is 1. The molecule has 0 saturated heterocycles. The molecule has 1 heterocycles. The Morgan fingerprint density at radius 3 is 2.54 bits per heavy atom. The van der Waals surface area contributed by atoms with E-state index in [0.717, 1.165) is 11.3 Å². The van der Waals surface area contributed by atoms with E-state index in [9.17, 15) is 4.79 Å². The summed E-state index contributed by atoms with van der Waals surface area (Å²) in [5, 5.41) is 12.8. The molecule has 0 aliphatic carbocycles. The third-order valence-electron chi connectivity index (χ3n) is 3.78. The van der Waals surface area contributed by atoms with Crippen molar-refractivity contribution in [3.63, 3.8) is 0 Å². The topological polar surface area (TPSA) is 69.0 Å². The molecule has 0 bridgehead atoms. The van der Waals surface area contributed by atoms with Gasteiger partial charge in [-0.3, -0.25) is 4.79 Å². The highest BCUT2D eigenvalue weighted by Gasteiger charge is 2.21. The van der Waals surface area contributed by atoms with E-state index in [0.29, 0.717) is 27.0 Å². The van der Waals surface area contributed by atoms with E-state index in [-0.39, 0.29) is 5.78 Å². The van der Waals surface area contributed by atoms with Gasteiger partial charge in [0.2, 0.25) is 5.78 Å². The molecule has 0 aliphatic rings. The number of benzene rings is 2. The van der Waals surface area contributed by atoms with Crippen LogP contribution in [0.15, 0.2) is 48.5 Å². The van der Waals surface area contributed by atoms with Gasteiger partial charge in [-0.25, -0.2) is 4.98 Å². The number of carbonyl (C=O) groups excluding carboxylic acids is 1. The van der Waals surface area contributed by atoms with Crippen LogP contribution in [0.2, 0.25) is 0 Å². The van der Waals surface area contributed by atoms with E-state index < -0.39 is 0 Å². The number of nitriles is 1. The second kappa shape index (κ2) is 7.38. The molecule has 0 spiro atoms. The van der Waals surface area contributed by atoms with Crippen LogP contribution in [0.3, 0.4) is 0 Å². The molecular weight excluding hydrogens is 344 g/mol. The Morgan fingerprint density at radius 1 is 1.19 bits per heavy atom. The average molecular weight is 362 g/mol. The van der Waals surface area contributed by atoms with E-state index in [4.69, 9.17) is 5.26 Å². The highest BCUT2D eigenvalue weighted by molar-refractivity contribution is 7.18. The van der Waals surface area contributed by atoms with Crippen LogP contribution in [-0.4, -0.2) is 24.9 Å². The molecule has 1 N–H and O–H groups in total. The Labute approximate surface area is 156 Å². The molecule has 0 atom stereocenters. The number of hydrogen-bond donors (Lipinski definition) is 1. The number of nitrogens with one attached hydrogen (secondary N) is 1. The first-order chi connectivity index (χ1) is 12.5. The molecule has 1 aromatic heterocycles. The standard InChI is InChI=1S/C20H18N4OS/c1-13-5-4-6-16(11-13)22-20-23-19(24(2)3)18(26-20)17(25)15-9-7-14(12-21)8-10-15/h4-11H,1-3H3,(H,22,23). The Balaban J connectivity index is 1.94. The average Bonchev–Trinajstić information content (AvgIpc) is 3.05. The van der Waals surface area contributed by atoms with Crippen molar-refractivity contribution in [3.8, 4) is 6.07 Å². The molecule has 6 heteroatoms. The molecule has 2 aromatic carbocycles. The quantitative estimate of drug-likeness (QED) is 0.683. The summed E-state index contributed by atoms with van der Waals surface area (Å²) in [6, 6.07) is 16.7. The maximum Gasteiger partial charge on any atom is 0.206 e. The molecule has 0 amide bonds. The van der Waals surface area contributed by atoms with Crippen molar-refractivity contribution in [1.29, 1.82) is 5.26 Å². The largest absolute Gasteiger partial charge is 0.361 e. The van der Waals surface area contributed by atoms with Crippen molar-refractivity contribution < 1.29 is 4.79 Å². The number of carbonyl (C=O) groups is 1. The fourth-order valence-corrected chi connectivity index (χ4v) is 3.51. The minimum Gasteiger partial charge on any atom is -0.361 e.